The minimum absolute atomic E-state index is 0.00739. The second-order valence-electron chi connectivity index (χ2n) is 12.7. The van der Waals surface area contributed by atoms with E-state index in [0.29, 0.717) is 50.5 Å². The Labute approximate surface area is 260 Å². The van der Waals surface area contributed by atoms with Gasteiger partial charge in [0.15, 0.2) is 0 Å². The fourth-order valence-electron chi connectivity index (χ4n) is 7.45. The highest BCUT2D eigenvalue weighted by atomic mass is 32.2. The molecule has 6 rings (SSSR count). The van der Waals surface area contributed by atoms with Crippen molar-refractivity contribution in [2.24, 2.45) is 0 Å². The number of carbonyl (C=O) groups excluding carboxylic acids is 3. The van der Waals surface area contributed by atoms with E-state index in [1.807, 2.05) is 47.4 Å². The number of hydrogen-bond donors (Lipinski definition) is 0. The van der Waals surface area contributed by atoms with E-state index >= 15 is 0 Å². The molecule has 236 valence electrons. The van der Waals surface area contributed by atoms with Gasteiger partial charge in [0.1, 0.15) is 12.1 Å². The quantitative estimate of drug-likeness (QED) is 0.492. The van der Waals surface area contributed by atoms with Gasteiger partial charge >= 0.3 is 0 Å². The Morgan fingerprint density at radius 2 is 1.45 bits per heavy atom. The van der Waals surface area contributed by atoms with E-state index in [1.165, 1.54) is 48.2 Å². The van der Waals surface area contributed by atoms with Gasteiger partial charge in [0, 0.05) is 50.5 Å². The molecule has 0 atom stereocenters. The molecule has 3 amide bonds. The molecule has 2 aromatic rings. The molecule has 0 unspecified atom stereocenters. The lowest BCUT2D eigenvalue weighted by atomic mass is 9.83. The Morgan fingerprint density at radius 3 is 2.07 bits per heavy atom. The normalized spacial score (nSPS) is 21.7. The summed E-state index contributed by atoms with van der Waals surface area (Å²) in [6.45, 7) is 2.26. The van der Waals surface area contributed by atoms with Gasteiger partial charge in [-0.1, -0.05) is 49.6 Å². The summed E-state index contributed by atoms with van der Waals surface area (Å²) < 4.78 is 25.2. The zero-order valence-corrected chi connectivity index (χ0v) is 26.4. The fraction of sp³-hybridized carbons (Fsp3) is 0.545. The van der Waals surface area contributed by atoms with E-state index in [4.69, 9.17) is 0 Å². The molecule has 4 aliphatic rings. The summed E-state index contributed by atoms with van der Waals surface area (Å²) in [7, 11) is -3.30. The molecule has 0 aromatic heterocycles. The maximum atomic E-state index is 14.1. The molecule has 3 saturated heterocycles. The molecular formula is C33H43N5O5S. The molecule has 0 N–H and O–H groups in total. The number of amides is 3. The van der Waals surface area contributed by atoms with Crippen LogP contribution in [0.5, 0.6) is 0 Å². The van der Waals surface area contributed by atoms with Crippen molar-refractivity contribution >= 4 is 33.4 Å². The lowest BCUT2D eigenvalue weighted by molar-refractivity contribution is -0.141. The Morgan fingerprint density at radius 1 is 0.818 bits per heavy atom. The molecule has 4 fully saturated rings. The third-order valence-electron chi connectivity index (χ3n) is 10.1. The largest absolute Gasteiger partial charge is 0.339 e. The first kappa shape index (κ1) is 30.6. The number of likely N-dealkylation sites (tertiary alicyclic amines) is 1. The maximum Gasteiger partial charge on any atom is 0.253 e. The van der Waals surface area contributed by atoms with Gasteiger partial charge in [-0.2, -0.15) is 4.31 Å². The summed E-state index contributed by atoms with van der Waals surface area (Å²) in [6, 6.07) is 17.9. The van der Waals surface area contributed by atoms with Crippen molar-refractivity contribution in [3.63, 3.8) is 0 Å². The lowest BCUT2D eigenvalue weighted by Crippen LogP contribution is -2.57. The van der Waals surface area contributed by atoms with Crippen LogP contribution in [0, 0.1) is 0 Å². The molecule has 11 heteroatoms. The average molecular weight is 622 g/mol. The van der Waals surface area contributed by atoms with Crippen LogP contribution in [0.1, 0.15) is 66.8 Å². The van der Waals surface area contributed by atoms with Gasteiger partial charge in [-0.25, -0.2) is 8.42 Å². The molecule has 44 heavy (non-hydrogen) atoms. The van der Waals surface area contributed by atoms with Crippen molar-refractivity contribution in [1.82, 2.24) is 19.0 Å². The Bertz CT molecular complexity index is 1460. The van der Waals surface area contributed by atoms with E-state index in [1.54, 1.807) is 9.80 Å². The number of carbonyl (C=O) groups is 3. The van der Waals surface area contributed by atoms with Gasteiger partial charge < -0.3 is 19.6 Å². The monoisotopic (exact) mass is 621 g/mol. The predicted octanol–water partition coefficient (Wildman–Crippen LogP) is 3.12. The highest BCUT2D eigenvalue weighted by Crippen LogP contribution is 2.40. The van der Waals surface area contributed by atoms with Gasteiger partial charge in [-0.3, -0.25) is 14.4 Å². The number of hydrogen-bond acceptors (Lipinski definition) is 6. The molecule has 10 nitrogen and oxygen atoms in total. The zero-order valence-electron chi connectivity index (χ0n) is 25.6. The fourth-order valence-corrected chi connectivity index (χ4v) is 8.28. The summed E-state index contributed by atoms with van der Waals surface area (Å²) in [5.74, 6) is 0.313. The highest BCUT2D eigenvalue weighted by molar-refractivity contribution is 7.88. The Balaban J connectivity index is 1.13. The Hall–Kier alpha value is -3.44. The number of piperidine rings is 1. The smallest absolute Gasteiger partial charge is 0.253 e. The first-order valence-electron chi connectivity index (χ1n) is 15.9. The number of benzene rings is 2. The van der Waals surface area contributed by atoms with Crippen LogP contribution in [0.15, 0.2) is 54.6 Å². The zero-order chi connectivity index (χ0) is 30.9. The number of rotatable bonds is 6. The minimum atomic E-state index is -3.30. The number of nitrogens with zero attached hydrogens (tertiary/aromatic N) is 5. The van der Waals surface area contributed by atoms with Crippen molar-refractivity contribution < 1.29 is 22.8 Å². The number of sulfonamides is 1. The van der Waals surface area contributed by atoms with Gasteiger partial charge in [-0.05, 0) is 61.4 Å². The molecule has 1 saturated carbocycles. The molecule has 0 bridgehead atoms. The molecule has 3 aliphatic heterocycles. The number of anilines is 1. The number of para-hydroxylation sites is 1. The van der Waals surface area contributed by atoms with Crippen LogP contribution in [0.4, 0.5) is 5.69 Å². The van der Waals surface area contributed by atoms with Gasteiger partial charge in [0.05, 0.1) is 12.9 Å². The average Bonchev–Trinajstić information content (AvgIpc) is 3.31. The van der Waals surface area contributed by atoms with Crippen molar-refractivity contribution in [3.05, 3.63) is 65.7 Å². The SMILES string of the molecule is CS(=O)(=O)N1CCN(C(=O)CN2CN(c3ccccc3)C3(CCN(C(=O)c4ccc(C5CCCCC5)cc4)CC3)C2=O)CC1. The van der Waals surface area contributed by atoms with Crippen LogP contribution in [0.25, 0.3) is 0 Å². The molecule has 1 aliphatic carbocycles. The maximum absolute atomic E-state index is 14.1. The van der Waals surface area contributed by atoms with E-state index in [0.717, 1.165) is 5.69 Å². The first-order valence-corrected chi connectivity index (χ1v) is 17.7. The van der Waals surface area contributed by atoms with Crippen LogP contribution in [0.2, 0.25) is 0 Å². The second-order valence-corrected chi connectivity index (χ2v) is 14.7. The van der Waals surface area contributed by atoms with Crippen molar-refractivity contribution in [2.75, 3.05) is 63.6 Å². The molecular weight excluding hydrogens is 578 g/mol. The topological polar surface area (TPSA) is 102 Å². The van der Waals surface area contributed by atoms with Crippen LogP contribution < -0.4 is 4.90 Å². The number of piperazine rings is 1. The molecule has 1 spiro atoms. The van der Waals surface area contributed by atoms with E-state index in [2.05, 4.69) is 17.0 Å². The third-order valence-corrected chi connectivity index (χ3v) is 11.4. The third kappa shape index (κ3) is 6.08. The summed E-state index contributed by atoms with van der Waals surface area (Å²) in [5, 5.41) is 0. The Kier molecular flexibility index (Phi) is 8.70. The van der Waals surface area contributed by atoms with E-state index in [9.17, 15) is 22.8 Å². The highest BCUT2D eigenvalue weighted by Gasteiger charge is 2.54. The molecule has 3 heterocycles. The van der Waals surface area contributed by atoms with Crippen LogP contribution >= 0.6 is 0 Å². The molecule has 0 radical (unpaired) electrons. The predicted molar refractivity (Wildman–Crippen MR) is 169 cm³/mol. The van der Waals surface area contributed by atoms with Crippen molar-refractivity contribution in [2.45, 2.75) is 56.4 Å². The van der Waals surface area contributed by atoms with Crippen LogP contribution in [-0.2, 0) is 19.6 Å². The molecule has 2 aromatic carbocycles. The lowest BCUT2D eigenvalue weighted by Gasteiger charge is -2.43. The summed E-state index contributed by atoms with van der Waals surface area (Å²) in [5.41, 5.74) is 2.08. The van der Waals surface area contributed by atoms with Crippen molar-refractivity contribution in [3.8, 4) is 0 Å². The second kappa shape index (κ2) is 12.5. The minimum Gasteiger partial charge on any atom is -0.339 e. The summed E-state index contributed by atoms with van der Waals surface area (Å²) in [6.07, 6.45) is 8.42. The standard InChI is InChI=1S/C33H43N5O5S/c1-44(42,43)37-22-20-34(21-23-37)30(39)24-36-25-38(29-10-6-3-7-11-29)33(32(36)41)16-18-35(19-17-33)31(40)28-14-12-27(13-15-28)26-8-4-2-5-9-26/h3,6-7,10-15,26H,2,4-5,8-9,16-25H2,1H3. The van der Waals surface area contributed by atoms with Gasteiger partial charge in [0.25, 0.3) is 11.8 Å². The van der Waals surface area contributed by atoms with Gasteiger partial charge in [-0.15, -0.1) is 0 Å². The van der Waals surface area contributed by atoms with Crippen LogP contribution in [0.3, 0.4) is 0 Å². The summed E-state index contributed by atoms with van der Waals surface area (Å²) in [4.78, 5) is 48.2. The van der Waals surface area contributed by atoms with Crippen LogP contribution in [-0.4, -0.2) is 109 Å². The first-order chi connectivity index (χ1) is 21.2. The summed E-state index contributed by atoms with van der Waals surface area (Å²) >= 11 is 0. The van der Waals surface area contributed by atoms with Crippen molar-refractivity contribution in [1.29, 1.82) is 0 Å². The van der Waals surface area contributed by atoms with Gasteiger partial charge in [0.2, 0.25) is 15.9 Å². The van der Waals surface area contributed by atoms with E-state index in [-0.39, 0.29) is 44.0 Å². The van der Waals surface area contributed by atoms with E-state index < -0.39 is 15.6 Å².